The van der Waals surface area contributed by atoms with Crippen molar-refractivity contribution in [2.75, 3.05) is 19.6 Å². The van der Waals surface area contributed by atoms with Gasteiger partial charge in [0.15, 0.2) is 0 Å². The molecule has 5 nitrogen and oxygen atoms in total. The van der Waals surface area contributed by atoms with Crippen LogP contribution in [0.1, 0.15) is 58.8 Å². The average Bonchev–Trinajstić information content (AvgIpc) is 2.60. The zero-order valence-electron chi connectivity index (χ0n) is 14.7. The van der Waals surface area contributed by atoms with Crippen LogP contribution >= 0.6 is 0 Å². The van der Waals surface area contributed by atoms with Gasteiger partial charge in [0, 0.05) is 25.0 Å². The Hall–Kier alpha value is -1.10. The van der Waals surface area contributed by atoms with Crippen LogP contribution in [0.15, 0.2) is 0 Å². The summed E-state index contributed by atoms with van der Waals surface area (Å²) in [6.07, 6.45) is 7.20. The molecule has 1 saturated heterocycles. The molecule has 2 fully saturated rings. The fourth-order valence-electron chi connectivity index (χ4n) is 3.86. The van der Waals surface area contributed by atoms with Crippen molar-refractivity contribution >= 4 is 11.8 Å². The number of hydrogen-bond acceptors (Lipinski definition) is 3. The number of carbonyl (C=O) groups is 2. The highest BCUT2D eigenvalue weighted by Crippen LogP contribution is 2.25. The van der Waals surface area contributed by atoms with Gasteiger partial charge in [0.1, 0.15) is 0 Å². The molecule has 23 heavy (non-hydrogen) atoms. The smallest absolute Gasteiger partial charge is 0.225 e. The molecular formula is C18H33N3O2. The van der Waals surface area contributed by atoms with E-state index in [4.69, 9.17) is 5.73 Å². The van der Waals surface area contributed by atoms with E-state index in [0.29, 0.717) is 19.0 Å². The molecule has 132 valence electrons. The Morgan fingerprint density at radius 1 is 1.22 bits per heavy atom. The molecule has 0 aromatic rings. The van der Waals surface area contributed by atoms with E-state index in [1.54, 1.807) is 0 Å². The highest BCUT2D eigenvalue weighted by molar-refractivity contribution is 5.82. The van der Waals surface area contributed by atoms with Crippen molar-refractivity contribution in [2.45, 2.75) is 64.8 Å². The van der Waals surface area contributed by atoms with Crippen LogP contribution in [-0.4, -0.2) is 42.4 Å². The van der Waals surface area contributed by atoms with Crippen LogP contribution in [0.3, 0.4) is 0 Å². The molecule has 1 saturated carbocycles. The van der Waals surface area contributed by atoms with E-state index in [0.717, 1.165) is 38.6 Å². The van der Waals surface area contributed by atoms with E-state index in [2.05, 4.69) is 5.32 Å². The zero-order chi connectivity index (χ0) is 16.8. The lowest BCUT2D eigenvalue weighted by Gasteiger charge is -2.36. The Balaban J connectivity index is 1.90. The first-order valence-corrected chi connectivity index (χ1v) is 9.36. The van der Waals surface area contributed by atoms with E-state index < -0.39 is 0 Å². The van der Waals surface area contributed by atoms with Crippen molar-refractivity contribution in [3.63, 3.8) is 0 Å². The topological polar surface area (TPSA) is 75.4 Å². The first-order valence-electron chi connectivity index (χ1n) is 9.36. The highest BCUT2D eigenvalue weighted by Gasteiger charge is 2.32. The Morgan fingerprint density at radius 2 is 1.96 bits per heavy atom. The van der Waals surface area contributed by atoms with Crippen LogP contribution in [-0.2, 0) is 9.59 Å². The van der Waals surface area contributed by atoms with E-state index in [-0.39, 0.29) is 29.7 Å². The minimum Gasteiger partial charge on any atom is -0.353 e. The first kappa shape index (κ1) is 18.2. The molecule has 1 aliphatic carbocycles. The van der Waals surface area contributed by atoms with Crippen LogP contribution in [0, 0.1) is 17.8 Å². The third kappa shape index (κ3) is 4.69. The summed E-state index contributed by atoms with van der Waals surface area (Å²) in [6.45, 7) is 6.03. The molecule has 2 rings (SSSR count). The van der Waals surface area contributed by atoms with Gasteiger partial charge in [0.05, 0.1) is 5.92 Å². The summed E-state index contributed by atoms with van der Waals surface area (Å²) in [7, 11) is 0. The zero-order valence-corrected chi connectivity index (χ0v) is 14.7. The molecule has 0 spiro atoms. The van der Waals surface area contributed by atoms with Gasteiger partial charge in [-0.3, -0.25) is 9.59 Å². The van der Waals surface area contributed by atoms with Crippen molar-refractivity contribution in [1.82, 2.24) is 10.2 Å². The van der Waals surface area contributed by atoms with Crippen LogP contribution < -0.4 is 11.1 Å². The monoisotopic (exact) mass is 323 g/mol. The van der Waals surface area contributed by atoms with Gasteiger partial charge in [-0.25, -0.2) is 0 Å². The summed E-state index contributed by atoms with van der Waals surface area (Å²) >= 11 is 0. The molecule has 0 aromatic carbocycles. The molecule has 0 radical (unpaired) electrons. The van der Waals surface area contributed by atoms with Crippen molar-refractivity contribution in [3.8, 4) is 0 Å². The SMILES string of the molecule is CCC(C)C(=O)N1CCCC(C(=O)NC2CCCCC2CN)C1. The average molecular weight is 323 g/mol. The standard InChI is InChI=1S/C18H33N3O2/c1-3-13(2)18(23)21-10-6-8-15(12-21)17(22)20-16-9-5-4-7-14(16)11-19/h13-16H,3-12,19H2,1-2H3,(H,20,22). The van der Waals surface area contributed by atoms with E-state index in [1.165, 1.54) is 12.8 Å². The fourth-order valence-corrected chi connectivity index (χ4v) is 3.86. The van der Waals surface area contributed by atoms with Gasteiger partial charge in [0.2, 0.25) is 11.8 Å². The molecule has 4 atom stereocenters. The molecule has 2 amide bonds. The predicted octanol–water partition coefficient (Wildman–Crippen LogP) is 1.90. The third-order valence-corrected chi connectivity index (χ3v) is 5.68. The maximum absolute atomic E-state index is 12.6. The van der Waals surface area contributed by atoms with Crippen molar-refractivity contribution in [3.05, 3.63) is 0 Å². The quantitative estimate of drug-likeness (QED) is 0.811. The normalized spacial score (nSPS) is 29.9. The Labute approximate surface area is 140 Å². The van der Waals surface area contributed by atoms with E-state index >= 15 is 0 Å². The second-order valence-corrected chi connectivity index (χ2v) is 7.33. The largest absolute Gasteiger partial charge is 0.353 e. The number of carbonyl (C=O) groups excluding carboxylic acids is 2. The molecule has 2 aliphatic rings. The molecule has 1 aliphatic heterocycles. The van der Waals surface area contributed by atoms with E-state index in [1.807, 2.05) is 18.7 Å². The number of likely N-dealkylation sites (tertiary alicyclic amines) is 1. The maximum Gasteiger partial charge on any atom is 0.225 e. The summed E-state index contributed by atoms with van der Waals surface area (Å²) in [5, 5.41) is 3.24. The van der Waals surface area contributed by atoms with Crippen LogP contribution in [0.2, 0.25) is 0 Å². The van der Waals surface area contributed by atoms with Gasteiger partial charge in [-0.15, -0.1) is 0 Å². The molecule has 3 N–H and O–H groups in total. The number of nitrogens with zero attached hydrogens (tertiary/aromatic N) is 1. The van der Waals surface area contributed by atoms with Crippen molar-refractivity contribution in [1.29, 1.82) is 0 Å². The summed E-state index contributed by atoms with van der Waals surface area (Å²) < 4.78 is 0. The minimum atomic E-state index is -0.0582. The van der Waals surface area contributed by atoms with Gasteiger partial charge >= 0.3 is 0 Å². The van der Waals surface area contributed by atoms with Gasteiger partial charge in [0.25, 0.3) is 0 Å². The third-order valence-electron chi connectivity index (χ3n) is 5.68. The van der Waals surface area contributed by atoms with Gasteiger partial charge in [-0.1, -0.05) is 26.7 Å². The molecule has 1 heterocycles. The van der Waals surface area contributed by atoms with E-state index in [9.17, 15) is 9.59 Å². The summed E-state index contributed by atoms with van der Waals surface area (Å²) in [4.78, 5) is 26.9. The summed E-state index contributed by atoms with van der Waals surface area (Å²) in [5.41, 5.74) is 5.85. The summed E-state index contributed by atoms with van der Waals surface area (Å²) in [5.74, 6) is 0.725. The van der Waals surface area contributed by atoms with Crippen molar-refractivity contribution < 1.29 is 9.59 Å². The second kappa shape index (κ2) is 8.67. The Kier molecular flexibility index (Phi) is 6.88. The Bertz CT molecular complexity index is 413. The number of rotatable bonds is 5. The van der Waals surface area contributed by atoms with Crippen LogP contribution in [0.4, 0.5) is 0 Å². The molecule has 5 heteroatoms. The lowest BCUT2D eigenvalue weighted by Crippen LogP contribution is -2.51. The summed E-state index contributed by atoms with van der Waals surface area (Å²) in [6, 6.07) is 0.224. The van der Waals surface area contributed by atoms with Crippen molar-refractivity contribution in [2.24, 2.45) is 23.5 Å². The maximum atomic E-state index is 12.6. The fraction of sp³-hybridized carbons (Fsp3) is 0.889. The van der Waals surface area contributed by atoms with Gasteiger partial charge in [-0.2, -0.15) is 0 Å². The number of nitrogens with two attached hydrogens (primary N) is 1. The molecule has 0 aromatic heterocycles. The lowest BCUT2D eigenvalue weighted by atomic mass is 9.84. The number of nitrogens with one attached hydrogen (secondary N) is 1. The predicted molar refractivity (Wildman–Crippen MR) is 91.7 cm³/mol. The van der Waals surface area contributed by atoms with Gasteiger partial charge in [-0.05, 0) is 44.6 Å². The number of piperidine rings is 1. The molecule has 4 unspecified atom stereocenters. The minimum absolute atomic E-state index is 0.0526. The number of amides is 2. The molecular weight excluding hydrogens is 290 g/mol. The van der Waals surface area contributed by atoms with Crippen LogP contribution in [0.5, 0.6) is 0 Å². The number of hydrogen-bond donors (Lipinski definition) is 2. The molecule has 0 bridgehead atoms. The first-order chi connectivity index (χ1) is 11.1. The van der Waals surface area contributed by atoms with Gasteiger partial charge < -0.3 is 16.0 Å². The Morgan fingerprint density at radius 3 is 2.65 bits per heavy atom. The second-order valence-electron chi connectivity index (χ2n) is 7.33. The highest BCUT2D eigenvalue weighted by atomic mass is 16.2. The van der Waals surface area contributed by atoms with Crippen LogP contribution in [0.25, 0.3) is 0 Å². The lowest BCUT2D eigenvalue weighted by molar-refractivity contribution is -0.139.